The highest BCUT2D eigenvalue weighted by molar-refractivity contribution is 7.12. The first kappa shape index (κ1) is 15.5. The Labute approximate surface area is 117 Å². The number of carbonyl (C=O) groups excluding carboxylic acids is 1. The molecule has 0 radical (unpaired) electrons. The van der Waals surface area contributed by atoms with Gasteiger partial charge in [-0.3, -0.25) is 4.79 Å². The van der Waals surface area contributed by atoms with E-state index in [2.05, 4.69) is 10.6 Å². The topological polar surface area (TPSA) is 78.4 Å². The minimum absolute atomic E-state index is 0.0160. The van der Waals surface area contributed by atoms with Gasteiger partial charge in [-0.15, -0.1) is 11.3 Å². The van der Waals surface area contributed by atoms with E-state index in [1.807, 2.05) is 26.0 Å². The van der Waals surface area contributed by atoms with Gasteiger partial charge in [0.25, 0.3) is 0 Å². The number of aryl methyl sites for hydroxylation is 1. The summed E-state index contributed by atoms with van der Waals surface area (Å²) in [4.78, 5) is 24.2. The predicted octanol–water partition coefficient (Wildman–Crippen LogP) is 2.67. The lowest BCUT2D eigenvalue weighted by molar-refractivity contribution is -0.137. The molecule has 0 saturated carbocycles. The van der Waals surface area contributed by atoms with E-state index in [9.17, 15) is 9.59 Å². The molecular weight excluding hydrogens is 264 g/mol. The van der Waals surface area contributed by atoms with Gasteiger partial charge < -0.3 is 15.7 Å². The summed E-state index contributed by atoms with van der Waals surface area (Å²) >= 11 is 1.67. The van der Waals surface area contributed by atoms with Crippen molar-refractivity contribution in [2.45, 2.75) is 39.2 Å². The lowest BCUT2D eigenvalue weighted by Gasteiger charge is -2.13. The molecule has 0 aliphatic heterocycles. The zero-order chi connectivity index (χ0) is 14.3. The number of hydrogen-bond acceptors (Lipinski definition) is 3. The van der Waals surface area contributed by atoms with E-state index < -0.39 is 5.97 Å². The second-order valence-corrected chi connectivity index (χ2v) is 5.74. The number of carboxylic acid groups (broad SMARTS) is 1. The maximum atomic E-state index is 11.6. The van der Waals surface area contributed by atoms with Crippen LogP contribution in [0.25, 0.3) is 0 Å². The first-order chi connectivity index (χ1) is 8.99. The van der Waals surface area contributed by atoms with Gasteiger partial charge >= 0.3 is 12.0 Å². The van der Waals surface area contributed by atoms with Crippen LogP contribution < -0.4 is 10.6 Å². The molecule has 1 rings (SSSR count). The van der Waals surface area contributed by atoms with Gasteiger partial charge in [-0.1, -0.05) is 0 Å². The standard InChI is InChI=1S/C13H20N2O3S/c1-9-6-7-11(19-9)10(2)15-13(18)14-8-4-3-5-12(16)17/h6-7,10H,3-5,8H2,1-2H3,(H,16,17)(H2,14,15,18). The SMILES string of the molecule is Cc1ccc(C(C)NC(=O)NCCCCC(=O)O)s1. The van der Waals surface area contributed by atoms with Gasteiger partial charge in [0.1, 0.15) is 0 Å². The van der Waals surface area contributed by atoms with Gasteiger partial charge in [-0.2, -0.15) is 0 Å². The van der Waals surface area contributed by atoms with Crippen molar-refractivity contribution in [3.8, 4) is 0 Å². The molecule has 3 N–H and O–H groups in total. The van der Waals surface area contributed by atoms with Gasteiger partial charge in [0.15, 0.2) is 0 Å². The number of amides is 2. The molecule has 0 saturated heterocycles. The molecule has 0 aliphatic rings. The van der Waals surface area contributed by atoms with E-state index in [0.29, 0.717) is 19.4 Å². The van der Waals surface area contributed by atoms with Crippen LogP contribution in [0.15, 0.2) is 12.1 Å². The molecule has 1 aromatic rings. The summed E-state index contributed by atoms with van der Waals surface area (Å²) in [6.07, 6.45) is 1.40. The number of nitrogens with one attached hydrogen (secondary N) is 2. The smallest absolute Gasteiger partial charge is 0.315 e. The van der Waals surface area contributed by atoms with E-state index in [-0.39, 0.29) is 18.5 Å². The molecule has 0 aromatic carbocycles. The first-order valence-corrected chi connectivity index (χ1v) is 7.13. The number of aliphatic carboxylic acids is 1. The maximum Gasteiger partial charge on any atom is 0.315 e. The average molecular weight is 284 g/mol. The monoisotopic (exact) mass is 284 g/mol. The van der Waals surface area contributed by atoms with E-state index in [1.165, 1.54) is 4.88 Å². The Morgan fingerprint density at radius 3 is 2.68 bits per heavy atom. The van der Waals surface area contributed by atoms with Gasteiger partial charge in [0.2, 0.25) is 0 Å². The fraction of sp³-hybridized carbons (Fsp3) is 0.538. The average Bonchev–Trinajstić information content (AvgIpc) is 2.75. The minimum atomic E-state index is -0.800. The van der Waals surface area contributed by atoms with Crippen LogP contribution in [0.1, 0.15) is 42.0 Å². The van der Waals surface area contributed by atoms with Crippen LogP contribution in [0.3, 0.4) is 0 Å². The lowest BCUT2D eigenvalue weighted by Crippen LogP contribution is -2.37. The third-order valence-electron chi connectivity index (χ3n) is 2.64. The molecule has 106 valence electrons. The van der Waals surface area contributed by atoms with E-state index in [1.54, 1.807) is 11.3 Å². The number of thiophene rings is 1. The van der Waals surface area contributed by atoms with Crippen molar-refractivity contribution < 1.29 is 14.7 Å². The second kappa shape index (κ2) is 7.78. The molecule has 0 fully saturated rings. The van der Waals surface area contributed by atoms with E-state index in [4.69, 9.17) is 5.11 Å². The van der Waals surface area contributed by atoms with Crippen LogP contribution in [0.4, 0.5) is 4.79 Å². The normalized spacial score (nSPS) is 11.9. The van der Waals surface area contributed by atoms with E-state index >= 15 is 0 Å². The molecule has 1 unspecified atom stereocenters. The van der Waals surface area contributed by atoms with Gasteiger partial charge in [0.05, 0.1) is 6.04 Å². The highest BCUT2D eigenvalue weighted by Gasteiger charge is 2.10. The molecule has 1 heterocycles. The first-order valence-electron chi connectivity index (χ1n) is 6.31. The number of urea groups is 1. The molecule has 0 bridgehead atoms. The van der Waals surface area contributed by atoms with Crippen molar-refractivity contribution in [3.05, 3.63) is 21.9 Å². The summed E-state index contributed by atoms with van der Waals surface area (Å²) in [5.74, 6) is -0.800. The maximum absolute atomic E-state index is 11.6. The number of rotatable bonds is 7. The molecule has 6 heteroatoms. The van der Waals surface area contributed by atoms with Crippen LogP contribution in [0.2, 0.25) is 0 Å². The van der Waals surface area contributed by atoms with Crippen molar-refractivity contribution in [3.63, 3.8) is 0 Å². The van der Waals surface area contributed by atoms with Crippen LogP contribution in [-0.2, 0) is 4.79 Å². The Morgan fingerprint density at radius 1 is 1.37 bits per heavy atom. The Morgan fingerprint density at radius 2 is 2.11 bits per heavy atom. The number of carboxylic acids is 1. The number of unbranched alkanes of at least 4 members (excludes halogenated alkanes) is 1. The van der Waals surface area contributed by atoms with Crippen LogP contribution in [-0.4, -0.2) is 23.7 Å². The third kappa shape index (κ3) is 6.24. The highest BCUT2D eigenvalue weighted by atomic mass is 32.1. The summed E-state index contributed by atoms with van der Waals surface area (Å²) < 4.78 is 0. The minimum Gasteiger partial charge on any atom is -0.481 e. The second-order valence-electron chi connectivity index (χ2n) is 4.42. The summed E-state index contributed by atoms with van der Waals surface area (Å²) in [6.45, 7) is 4.47. The number of hydrogen-bond donors (Lipinski definition) is 3. The fourth-order valence-corrected chi connectivity index (χ4v) is 2.49. The number of carbonyl (C=O) groups is 2. The van der Waals surface area contributed by atoms with Crippen LogP contribution >= 0.6 is 11.3 Å². The van der Waals surface area contributed by atoms with Crippen LogP contribution in [0.5, 0.6) is 0 Å². The Kier molecular flexibility index (Phi) is 6.35. The van der Waals surface area contributed by atoms with Gasteiger partial charge in [0, 0.05) is 22.7 Å². The largest absolute Gasteiger partial charge is 0.481 e. The summed E-state index contributed by atoms with van der Waals surface area (Å²) in [5, 5.41) is 14.0. The Bertz CT molecular complexity index is 431. The highest BCUT2D eigenvalue weighted by Crippen LogP contribution is 2.21. The molecule has 2 amide bonds. The third-order valence-corrected chi connectivity index (χ3v) is 3.82. The van der Waals surface area contributed by atoms with Gasteiger partial charge in [-0.25, -0.2) is 4.79 Å². The van der Waals surface area contributed by atoms with E-state index in [0.717, 1.165) is 4.88 Å². The zero-order valence-corrected chi connectivity index (χ0v) is 12.0. The molecule has 0 spiro atoms. The quantitative estimate of drug-likeness (QED) is 0.674. The van der Waals surface area contributed by atoms with Crippen molar-refractivity contribution in [2.75, 3.05) is 6.54 Å². The van der Waals surface area contributed by atoms with Crippen LogP contribution in [0, 0.1) is 6.92 Å². The molecule has 1 atom stereocenters. The Balaban J connectivity index is 2.18. The zero-order valence-electron chi connectivity index (χ0n) is 11.2. The summed E-state index contributed by atoms with van der Waals surface area (Å²) in [5.41, 5.74) is 0. The van der Waals surface area contributed by atoms with Crippen molar-refractivity contribution >= 4 is 23.3 Å². The van der Waals surface area contributed by atoms with Crippen molar-refractivity contribution in [1.82, 2.24) is 10.6 Å². The summed E-state index contributed by atoms with van der Waals surface area (Å²) in [6, 6.07) is 3.81. The van der Waals surface area contributed by atoms with Crippen molar-refractivity contribution in [1.29, 1.82) is 0 Å². The molecule has 0 aliphatic carbocycles. The Hall–Kier alpha value is -1.56. The summed E-state index contributed by atoms with van der Waals surface area (Å²) in [7, 11) is 0. The lowest BCUT2D eigenvalue weighted by atomic mass is 10.2. The van der Waals surface area contributed by atoms with Crippen molar-refractivity contribution in [2.24, 2.45) is 0 Å². The molecular formula is C13H20N2O3S. The molecule has 5 nitrogen and oxygen atoms in total. The molecule has 1 aromatic heterocycles. The fourth-order valence-electron chi connectivity index (χ4n) is 1.61. The molecule has 19 heavy (non-hydrogen) atoms. The predicted molar refractivity (Wildman–Crippen MR) is 75.5 cm³/mol. The van der Waals surface area contributed by atoms with Gasteiger partial charge in [-0.05, 0) is 38.8 Å².